The van der Waals surface area contributed by atoms with Crippen LogP contribution in [0.4, 0.5) is 0 Å². The fraction of sp³-hybridized carbons (Fsp3) is 0.857. The molecular formula is C21H34N2O5. The van der Waals surface area contributed by atoms with Gasteiger partial charge in [-0.25, -0.2) is 4.79 Å². The summed E-state index contributed by atoms with van der Waals surface area (Å²) in [5, 5.41) is 12.4. The van der Waals surface area contributed by atoms with E-state index in [1.165, 1.54) is 32.1 Å². The van der Waals surface area contributed by atoms with Crippen molar-refractivity contribution in [3.05, 3.63) is 0 Å². The zero-order valence-electron chi connectivity index (χ0n) is 16.9. The maximum atomic E-state index is 12.8. The van der Waals surface area contributed by atoms with Crippen molar-refractivity contribution in [1.82, 2.24) is 10.2 Å². The van der Waals surface area contributed by atoms with Crippen LogP contribution in [0.2, 0.25) is 0 Å². The summed E-state index contributed by atoms with van der Waals surface area (Å²) in [6.07, 6.45) is 8.68. The Hall–Kier alpha value is -1.63. The van der Waals surface area contributed by atoms with Gasteiger partial charge in [0.2, 0.25) is 11.8 Å². The number of ether oxygens (including phenoxy) is 1. The lowest BCUT2D eigenvalue weighted by molar-refractivity contribution is -0.168. The molecule has 3 fully saturated rings. The lowest BCUT2D eigenvalue weighted by atomic mass is 9.84. The van der Waals surface area contributed by atoms with Crippen LogP contribution in [-0.4, -0.2) is 59.1 Å². The van der Waals surface area contributed by atoms with Gasteiger partial charge in [-0.05, 0) is 51.4 Å². The molecule has 3 rings (SSSR count). The second kappa shape index (κ2) is 9.72. The number of rotatable bonds is 5. The fourth-order valence-corrected chi connectivity index (χ4v) is 4.95. The molecule has 1 heterocycles. The summed E-state index contributed by atoms with van der Waals surface area (Å²) in [7, 11) is 0. The molecule has 2 aliphatic carbocycles. The number of amides is 2. The first-order valence-electron chi connectivity index (χ1n) is 10.9. The van der Waals surface area contributed by atoms with Gasteiger partial charge in [-0.1, -0.05) is 19.3 Å². The van der Waals surface area contributed by atoms with Crippen LogP contribution in [0.5, 0.6) is 0 Å². The molecule has 0 radical (unpaired) electrons. The van der Waals surface area contributed by atoms with E-state index in [2.05, 4.69) is 5.32 Å². The lowest BCUT2D eigenvalue weighted by Crippen LogP contribution is -2.53. The number of carbonyl (C=O) groups excluding carboxylic acids is 2. The predicted octanol–water partition coefficient (Wildman–Crippen LogP) is 2.33. The minimum Gasteiger partial charge on any atom is -0.479 e. The van der Waals surface area contributed by atoms with E-state index in [1.807, 2.05) is 0 Å². The monoisotopic (exact) mass is 394 g/mol. The number of carboxylic acids is 1. The highest BCUT2D eigenvalue weighted by Gasteiger charge is 2.36. The Bertz CT molecular complexity index is 567. The molecule has 0 aromatic carbocycles. The third-order valence-electron chi connectivity index (χ3n) is 6.49. The van der Waals surface area contributed by atoms with Crippen LogP contribution in [0.1, 0.15) is 71.1 Å². The molecule has 1 unspecified atom stereocenters. The Morgan fingerprint density at radius 2 is 1.68 bits per heavy atom. The number of hydrogen-bond acceptors (Lipinski definition) is 4. The van der Waals surface area contributed by atoms with Crippen molar-refractivity contribution in [3.63, 3.8) is 0 Å². The molecule has 158 valence electrons. The number of hydrogen-bond donors (Lipinski definition) is 2. The largest absolute Gasteiger partial charge is 0.479 e. The van der Waals surface area contributed by atoms with Gasteiger partial charge in [0, 0.05) is 24.9 Å². The summed E-state index contributed by atoms with van der Waals surface area (Å²) in [5.41, 5.74) is 0. The van der Waals surface area contributed by atoms with Gasteiger partial charge in [-0.15, -0.1) is 0 Å². The molecule has 3 aliphatic rings. The average Bonchev–Trinajstić information content (AvgIpc) is 2.68. The molecular weight excluding hydrogens is 360 g/mol. The molecule has 0 aromatic rings. The third-order valence-corrected chi connectivity index (χ3v) is 6.49. The Kier molecular flexibility index (Phi) is 7.32. The van der Waals surface area contributed by atoms with E-state index in [1.54, 1.807) is 11.8 Å². The van der Waals surface area contributed by atoms with Crippen LogP contribution in [-0.2, 0) is 19.1 Å². The number of nitrogens with one attached hydrogen (secondary N) is 1. The first-order valence-corrected chi connectivity index (χ1v) is 10.9. The van der Waals surface area contributed by atoms with Crippen LogP contribution < -0.4 is 5.32 Å². The summed E-state index contributed by atoms with van der Waals surface area (Å²) < 4.78 is 5.40. The van der Waals surface area contributed by atoms with Gasteiger partial charge in [0.1, 0.15) is 0 Å². The molecule has 2 N–H and O–H groups in total. The van der Waals surface area contributed by atoms with Crippen LogP contribution >= 0.6 is 0 Å². The normalized spacial score (nSPS) is 32.0. The number of morpholine rings is 1. The minimum atomic E-state index is -1.02. The molecule has 1 saturated heterocycles. The first-order chi connectivity index (χ1) is 13.4. The van der Waals surface area contributed by atoms with Crippen molar-refractivity contribution >= 4 is 17.8 Å². The van der Waals surface area contributed by atoms with Crippen LogP contribution in [0, 0.1) is 11.8 Å². The molecule has 2 saturated carbocycles. The van der Waals surface area contributed by atoms with Gasteiger partial charge >= 0.3 is 5.97 Å². The Morgan fingerprint density at radius 3 is 2.32 bits per heavy atom. The van der Waals surface area contributed by atoms with E-state index < -0.39 is 12.1 Å². The van der Waals surface area contributed by atoms with Gasteiger partial charge in [0.15, 0.2) is 6.10 Å². The van der Waals surface area contributed by atoms with E-state index in [0.717, 1.165) is 25.7 Å². The number of carbonyl (C=O) groups is 3. The maximum absolute atomic E-state index is 12.8. The Morgan fingerprint density at radius 1 is 1.00 bits per heavy atom. The zero-order chi connectivity index (χ0) is 20.1. The minimum absolute atomic E-state index is 0.0355. The molecule has 28 heavy (non-hydrogen) atoms. The summed E-state index contributed by atoms with van der Waals surface area (Å²) in [4.78, 5) is 38.1. The molecule has 7 nitrogen and oxygen atoms in total. The van der Waals surface area contributed by atoms with Crippen molar-refractivity contribution in [2.75, 3.05) is 13.1 Å². The highest BCUT2D eigenvalue weighted by Crippen LogP contribution is 2.29. The molecule has 2 atom stereocenters. The van der Waals surface area contributed by atoms with E-state index in [0.29, 0.717) is 18.9 Å². The Balaban J connectivity index is 1.42. The van der Waals surface area contributed by atoms with Crippen molar-refractivity contribution < 1.29 is 24.2 Å². The molecule has 0 spiro atoms. The lowest BCUT2D eigenvalue weighted by Gasteiger charge is -2.38. The van der Waals surface area contributed by atoms with Crippen LogP contribution in [0.15, 0.2) is 0 Å². The van der Waals surface area contributed by atoms with Crippen LogP contribution in [0.25, 0.3) is 0 Å². The van der Waals surface area contributed by atoms with E-state index in [-0.39, 0.29) is 36.4 Å². The van der Waals surface area contributed by atoms with Crippen LogP contribution in [0.3, 0.4) is 0 Å². The van der Waals surface area contributed by atoms with Crippen molar-refractivity contribution in [3.8, 4) is 0 Å². The summed E-state index contributed by atoms with van der Waals surface area (Å²) in [6, 6.07) is 0.163. The van der Waals surface area contributed by atoms with E-state index in [9.17, 15) is 19.5 Å². The van der Waals surface area contributed by atoms with Gasteiger partial charge < -0.3 is 20.1 Å². The van der Waals surface area contributed by atoms with E-state index >= 15 is 0 Å². The number of nitrogens with zero attached hydrogens (tertiary/aromatic N) is 1. The summed E-state index contributed by atoms with van der Waals surface area (Å²) in [6.45, 7) is 2.37. The molecule has 0 bridgehead atoms. The fourth-order valence-electron chi connectivity index (χ4n) is 4.95. The second-order valence-corrected chi connectivity index (χ2v) is 8.84. The van der Waals surface area contributed by atoms with Gasteiger partial charge in [0.25, 0.3) is 0 Å². The summed E-state index contributed by atoms with van der Waals surface area (Å²) >= 11 is 0. The van der Waals surface area contributed by atoms with Gasteiger partial charge in [-0.2, -0.15) is 0 Å². The van der Waals surface area contributed by atoms with Gasteiger partial charge in [0.05, 0.1) is 12.6 Å². The quantitative estimate of drug-likeness (QED) is 0.746. The number of aliphatic carboxylic acids is 1. The second-order valence-electron chi connectivity index (χ2n) is 8.84. The third kappa shape index (κ3) is 5.69. The van der Waals surface area contributed by atoms with E-state index in [4.69, 9.17) is 4.74 Å². The standard InChI is InChI=1S/C21H34N2O5/c1-14-12-23(13-18(28-14)21(26)27)20(25)16-7-9-17(10-8-16)22-19(24)11-15-5-3-2-4-6-15/h14-18H,2-13H2,1H3,(H,22,24)(H,26,27)/t14-,16?,17?,18?/m1/s1. The summed E-state index contributed by atoms with van der Waals surface area (Å²) in [5.74, 6) is -0.363. The highest BCUT2D eigenvalue weighted by molar-refractivity contribution is 5.81. The predicted molar refractivity (Wildman–Crippen MR) is 104 cm³/mol. The molecule has 7 heteroatoms. The topological polar surface area (TPSA) is 95.9 Å². The molecule has 0 aromatic heterocycles. The van der Waals surface area contributed by atoms with Gasteiger partial charge in [-0.3, -0.25) is 9.59 Å². The smallest absolute Gasteiger partial charge is 0.334 e. The number of carboxylic acid groups (broad SMARTS) is 1. The molecule has 1 aliphatic heterocycles. The molecule has 2 amide bonds. The van der Waals surface area contributed by atoms with Crippen molar-refractivity contribution in [2.45, 2.75) is 89.4 Å². The highest BCUT2D eigenvalue weighted by atomic mass is 16.5. The zero-order valence-corrected chi connectivity index (χ0v) is 16.9. The SMILES string of the molecule is C[C@@H]1CN(C(=O)C2CCC(NC(=O)CC3CCCCC3)CC2)CC(C(=O)O)O1. The Labute approximate surface area is 167 Å². The van der Waals surface area contributed by atoms with Crippen molar-refractivity contribution in [2.24, 2.45) is 11.8 Å². The maximum Gasteiger partial charge on any atom is 0.334 e. The first kappa shape index (κ1) is 21.1. The van der Waals surface area contributed by atoms with Crippen molar-refractivity contribution in [1.29, 1.82) is 0 Å². The average molecular weight is 395 g/mol.